The summed E-state index contributed by atoms with van der Waals surface area (Å²) in [6.45, 7) is 2.90. The van der Waals surface area contributed by atoms with E-state index in [1.807, 2.05) is 0 Å². The van der Waals surface area contributed by atoms with Gasteiger partial charge in [0.1, 0.15) is 0 Å². The second kappa shape index (κ2) is 6.30. The molecule has 0 unspecified atom stereocenters. The van der Waals surface area contributed by atoms with Gasteiger partial charge in [0.2, 0.25) is 5.82 Å². The second-order valence-electron chi connectivity index (χ2n) is 6.27. The number of hydrogen-bond donors (Lipinski definition) is 2. The molecule has 3 heterocycles. The predicted molar refractivity (Wildman–Crippen MR) is 93.6 cm³/mol. The number of tetrazole rings is 1. The summed E-state index contributed by atoms with van der Waals surface area (Å²) in [7, 11) is 0. The average Bonchev–Trinajstić information content (AvgIpc) is 3.15. The van der Waals surface area contributed by atoms with E-state index < -0.39 is 17.7 Å². The first kappa shape index (κ1) is 17.4. The fraction of sp³-hybridized carbons (Fsp3) is 0.176. The number of anilines is 1. The molecular formula is C17H13N5O6. The Hall–Kier alpha value is -4.02. The van der Waals surface area contributed by atoms with Crippen molar-refractivity contribution in [2.75, 3.05) is 5.32 Å². The van der Waals surface area contributed by atoms with Gasteiger partial charge in [-0.05, 0) is 17.3 Å². The monoisotopic (exact) mass is 383 g/mol. The first-order chi connectivity index (χ1) is 13.3. The van der Waals surface area contributed by atoms with Crippen molar-refractivity contribution >= 4 is 28.6 Å². The maximum absolute atomic E-state index is 12.4. The van der Waals surface area contributed by atoms with Crippen molar-refractivity contribution in [3.8, 4) is 11.6 Å². The van der Waals surface area contributed by atoms with Crippen LogP contribution in [0.3, 0.4) is 0 Å². The van der Waals surface area contributed by atoms with Crippen molar-refractivity contribution in [2.45, 2.75) is 19.6 Å². The molecule has 0 amide bonds. The zero-order valence-corrected chi connectivity index (χ0v) is 14.7. The van der Waals surface area contributed by atoms with Crippen LogP contribution in [0.5, 0.6) is 0 Å². The van der Waals surface area contributed by atoms with E-state index in [1.165, 1.54) is 19.9 Å². The molecule has 1 saturated heterocycles. The summed E-state index contributed by atoms with van der Waals surface area (Å²) in [6, 6.07) is 6.04. The summed E-state index contributed by atoms with van der Waals surface area (Å²) in [5.74, 6) is -2.79. The summed E-state index contributed by atoms with van der Waals surface area (Å²) in [4.78, 5) is 36.5. The Morgan fingerprint density at radius 1 is 1.14 bits per heavy atom. The largest absolute Gasteiger partial charge is 0.450 e. The topological polar surface area (TPSA) is 149 Å². The molecule has 0 spiro atoms. The lowest BCUT2D eigenvalue weighted by molar-refractivity contribution is -0.222. The van der Waals surface area contributed by atoms with Crippen LogP contribution in [-0.4, -0.2) is 38.3 Å². The Morgan fingerprint density at radius 2 is 1.89 bits per heavy atom. The van der Waals surface area contributed by atoms with E-state index in [4.69, 9.17) is 13.9 Å². The van der Waals surface area contributed by atoms with Gasteiger partial charge < -0.3 is 19.2 Å². The number of nitrogens with one attached hydrogen (secondary N) is 2. The SMILES string of the molecule is CC1(C)OC(=O)C(=CNc2cccc3c(=O)cc(-c4nn[nH]n4)oc23)C(=O)O1. The van der Waals surface area contributed by atoms with E-state index in [0.717, 1.165) is 6.20 Å². The summed E-state index contributed by atoms with van der Waals surface area (Å²) in [5, 5.41) is 16.3. The third-order valence-corrected chi connectivity index (χ3v) is 3.81. The molecular weight excluding hydrogens is 370 g/mol. The van der Waals surface area contributed by atoms with Crippen molar-refractivity contribution in [3.05, 3.63) is 46.3 Å². The standard InChI is InChI=1S/C17H13N5O6/c1-17(2)27-15(24)9(16(25)28-17)7-18-10-5-3-4-8-11(23)6-12(26-13(8)10)14-19-21-22-20-14/h3-7,18H,1-2H3,(H,19,20,21,22). The van der Waals surface area contributed by atoms with Crippen molar-refractivity contribution in [2.24, 2.45) is 0 Å². The maximum Gasteiger partial charge on any atom is 0.350 e. The Labute approximate surface area is 156 Å². The van der Waals surface area contributed by atoms with Crippen molar-refractivity contribution < 1.29 is 23.5 Å². The minimum atomic E-state index is -1.34. The zero-order valence-electron chi connectivity index (χ0n) is 14.7. The molecule has 11 heteroatoms. The second-order valence-corrected chi connectivity index (χ2v) is 6.27. The smallest absolute Gasteiger partial charge is 0.350 e. The molecule has 11 nitrogen and oxygen atoms in total. The fourth-order valence-corrected chi connectivity index (χ4v) is 2.60. The van der Waals surface area contributed by atoms with Crippen LogP contribution >= 0.6 is 0 Å². The number of H-pyrrole nitrogens is 1. The number of aromatic amines is 1. The normalized spacial score (nSPS) is 15.9. The lowest BCUT2D eigenvalue weighted by atomic mass is 10.2. The van der Waals surface area contributed by atoms with Crippen molar-refractivity contribution in [1.29, 1.82) is 0 Å². The Balaban J connectivity index is 1.74. The number of benzene rings is 1. The van der Waals surface area contributed by atoms with Gasteiger partial charge in [-0.2, -0.15) is 5.21 Å². The van der Waals surface area contributed by atoms with Gasteiger partial charge in [0, 0.05) is 26.1 Å². The van der Waals surface area contributed by atoms with Crippen LogP contribution < -0.4 is 10.7 Å². The van der Waals surface area contributed by atoms with Crippen molar-refractivity contribution in [1.82, 2.24) is 20.6 Å². The van der Waals surface area contributed by atoms with Gasteiger partial charge in [-0.1, -0.05) is 6.07 Å². The Kier molecular flexibility index (Phi) is 3.91. The molecule has 2 N–H and O–H groups in total. The van der Waals surface area contributed by atoms with Gasteiger partial charge in [0.15, 0.2) is 22.3 Å². The summed E-state index contributed by atoms with van der Waals surface area (Å²) >= 11 is 0. The van der Waals surface area contributed by atoms with Crippen LogP contribution in [-0.2, 0) is 19.1 Å². The van der Waals surface area contributed by atoms with Gasteiger partial charge in [0.05, 0.1) is 11.1 Å². The van der Waals surface area contributed by atoms with E-state index in [9.17, 15) is 14.4 Å². The lowest BCUT2D eigenvalue weighted by Crippen LogP contribution is -2.42. The average molecular weight is 383 g/mol. The minimum Gasteiger partial charge on any atom is -0.450 e. The summed E-state index contributed by atoms with van der Waals surface area (Å²) in [5.41, 5.74) is -0.133. The molecule has 0 aliphatic carbocycles. The quantitative estimate of drug-likeness (QED) is 0.382. The number of ether oxygens (including phenoxy) is 2. The number of fused-ring (bicyclic) bond motifs is 1. The van der Waals surface area contributed by atoms with Crippen LogP contribution in [0.1, 0.15) is 13.8 Å². The van der Waals surface area contributed by atoms with E-state index in [-0.39, 0.29) is 33.6 Å². The number of aromatic nitrogens is 4. The highest BCUT2D eigenvalue weighted by molar-refractivity contribution is 6.15. The molecule has 142 valence electrons. The van der Waals surface area contributed by atoms with Gasteiger partial charge in [-0.15, -0.1) is 10.2 Å². The van der Waals surface area contributed by atoms with E-state index in [1.54, 1.807) is 18.2 Å². The van der Waals surface area contributed by atoms with Gasteiger partial charge in [-0.25, -0.2) is 9.59 Å². The van der Waals surface area contributed by atoms with Gasteiger partial charge >= 0.3 is 11.9 Å². The highest BCUT2D eigenvalue weighted by atomic mass is 16.7. The summed E-state index contributed by atoms with van der Waals surface area (Å²) < 4.78 is 15.8. The number of para-hydroxylation sites is 1. The molecule has 0 radical (unpaired) electrons. The maximum atomic E-state index is 12.4. The highest BCUT2D eigenvalue weighted by Crippen LogP contribution is 2.27. The number of nitrogens with zero attached hydrogens (tertiary/aromatic N) is 3. The number of hydrogen-bond acceptors (Lipinski definition) is 10. The Bertz CT molecular complexity index is 1160. The molecule has 0 atom stereocenters. The zero-order chi connectivity index (χ0) is 19.9. The molecule has 1 aliphatic rings. The molecule has 0 bridgehead atoms. The number of carbonyl (C=O) groups excluding carboxylic acids is 2. The van der Waals surface area contributed by atoms with E-state index in [0.29, 0.717) is 5.69 Å². The predicted octanol–water partition coefficient (Wildman–Crippen LogP) is 1.10. The molecule has 4 rings (SSSR count). The third-order valence-electron chi connectivity index (χ3n) is 3.81. The van der Waals surface area contributed by atoms with Crippen molar-refractivity contribution in [3.63, 3.8) is 0 Å². The number of cyclic esters (lactones) is 2. The van der Waals surface area contributed by atoms with Crippen LogP contribution in [0.2, 0.25) is 0 Å². The minimum absolute atomic E-state index is 0.103. The molecule has 2 aromatic heterocycles. The van der Waals surface area contributed by atoms with E-state index in [2.05, 4.69) is 25.9 Å². The first-order valence-electron chi connectivity index (χ1n) is 8.08. The van der Waals surface area contributed by atoms with Crippen LogP contribution in [0.15, 0.2) is 45.3 Å². The van der Waals surface area contributed by atoms with Crippen LogP contribution in [0, 0.1) is 0 Å². The van der Waals surface area contributed by atoms with Crippen LogP contribution in [0.4, 0.5) is 5.69 Å². The fourth-order valence-electron chi connectivity index (χ4n) is 2.60. The summed E-state index contributed by atoms with van der Waals surface area (Å²) in [6.07, 6.45) is 1.13. The molecule has 1 fully saturated rings. The van der Waals surface area contributed by atoms with Gasteiger partial charge in [0.25, 0.3) is 5.79 Å². The number of esters is 2. The lowest BCUT2D eigenvalue weighted by Gasteiger charge is -2.29. The number of rotatable bonds is 3. The molecule has 0 saturated carbocycles. The molecule has 1 aliphatic heterocycles. The highest BCUT2D eigenvalue weighted by Gasteiger charge is 2.39. The Morgan fingerprint density at radius 3 is 2.57 bits per heavy atom. The molecule has 28 heavy (non-hydrogen) atoms. The molecule has 1 aromatic carbocycles. The van der Waals surface area contributed by atoms with Crippen LogP contribution in [0.25, 0.3) is 22.6 Å². The van der Waals surface area contributed by atoms with Gasteiger partial charge in [-0.3, -0.25) is 4.79 Å². The van der Waals surface area contributed by atoms with E-state index >= 15 is 0 Å². The third kappa shape index (κ3) is 3.09. The first-order valence-corrected chi connectivity index (χ1v) is 8.08. The molecule has 3 aromatic rings. The number of carbonyl (C=O) groups is 2.